The van der Waals surface area contributed by atoms with Crippen molar-refractivity contribution in [3.8, 4) is 0 Å². The Morgan fingerprint density at radius 1 is 1.21 bits per heavy atom. The van der Waals surface area contributed by atoms with Gasteiger partial charge in [-0.1, -0.05) is 32.6 Å². The molecule has 2 aliphatic carbocycles. The van der Waals surface area contributed by atoms with Crippen LogP contribution in [0.2, 0.25) is 0 Å². The molecule has 0 radical (unpaired) electrons. The van der Waals surface area contributed by atoms with Gasteiger partial charge in [-0.3, -0.25) is 4.79 Å². The molecule has 3 heteroatoms. The van der Waals surface area contributed by atoms with Crippen LogP contribution in [0.4, 0.5) is 0 Å². The van der Waals surface area contributed by atoms with Gasteiger partial charge in [-0.25, -0.2) is 0 Å². The minimum Gasteiger partial charge on any atom is -0.339 e. The third-order valence-electron chi connectivity index (χ3n) is 4.58. The zero-order chi connectivity index (χ0) is 13.7. The average molecular weight is 266 g/mol. The lowest BCUT2D eigenvalue weighted by Crippen LogP contribution is -2.40. The maximum absolute atomic E-state index is 12.4. The van der Waals surface area contributed by atoms with E-state index in [4.69, 9.17) is 5.73 Å². The van der Waals surface area contributed by atoms with Crippen molar-refractivity contribution in [3.05, 3.63) is 0 Å². The summed E-state index contributed by atoms with van der Waals surface area (Å²) in [6.45, 7) is 3.13. The maximum Gasteiger partial charge on any atom is 0.224 e. The van der Waals surface area contributed by atoms with Crippen molar-refractivity contribution in [2.45, 2.75) is 83.2 Å². The Hall–Kier alpha value is -0.570. The number of hydrogen-bond donors (Lipinski definition) is 1. The number of nitrogens with two attached hydrogens (primary N) is 1. The van der Waals surface area contributed by atoms with Gasteiger partial charge in [-0.2, -0.15) is 0 Å². The summed E-state index contributed by atoms with van der Waals surface area (Å²) in [4.78, 5) is 14.6. The first-order valence-electron chi connectivity index (χ1n) is 8.25. The zero-order valence-electron chi connectivity index (χ0n) is 12.4. The van der Waals surface area contributed by atoms with Crippen LogP contribution in [0.15, 0.2) is 0 Å². The molecule has 0 bridgehead atoms. The largest absolute Gasteiger partial charge is 0.339 e. The molecule has 1 amide bonds. The summed E-state index contributed by atoms with van der Waals surface area (Å²) < 4.78 is 0. The van der Waals surface area contributed by atoms with Crippen LogP contribution in [-0.2, 0) is 4.79 Å². The topological polar surface area (TPSA) is 46.3 Å². The van der Waals surface area contributed by atoms with Crippen molar-refractivity contribution >= 4 is 5.91 Å². The number of amides is 1. The third kappa shape index (κ3) is 4.79. The molecule has 2 aliphatic rings. The third-order valence-corrected chi connectivity index (χ3v) is 4.58. The molecule has 2 fully saturated rings. The molecule has 1 atom stereocenters. The van der Waals surface area contributed by atoms with Gasteiger partial charge in [0.2, 0.25) is 5.91 Å². The summed E-state index contributed by atoms with van der Waals surface area (Å²) in [6.07, 6.45) is 11.7. The quantitative estimate of drug-likeness (QED) is 0.769. The van der Waals surface area contributed by atoms with E-state index in [0.717, 1.165) is 25.3 Å². The minimum atomic E-state index is 0.0603. The van der Waals surface area contributed by atoms with Crippen molar-refractivity contribution in [2.24, 2.45) is 11.7 Å². The van der Waals surface area contributed by atoms with Crippen molar-refractivity contribution in [2.75, 3.05) is 6.54 Å². The van der Waals surface area contributed by atoms with Gasteiger partial charge in [-0.15, -0.1) is 0 Å². The normalized spacial score (nSPS) is 22.2. The molecule has 0 spiro atoms. The standard InChI is InChI=1S/C16H30N2O/c1-2-6-14(17)11-16(19)18(15-9-10-15)12-13-7-4-3-5-8-13/h13-15H,2-12,17H2,1H3. The van der Waals surface area contributed by atoms with E-state index in [-0.39, 0.29) is 6.04 Å². The van der Waals surface area contributed by atoms with Gasteiger partial charge in [0.15, 0.2) is 0 Å². The first-order valence-corrected chi connectivity index (χ1v) is 8.25. The summed E-state index contributed by atoms with van der Waals surface area (Å²) in [5.41, 5.74) is 6.03. The van der Waals surface area contributed by atoms with E-state index in [1.165, 1.54) is 44.9 Å². The fourth-order valence-corrected chi connectivity index (χ4v) is 3.30. The van der Waals surface area contributed by atoms with E-state index in [0.29, 0.717) is 18.4 Å². The van der Waals surface area contributed by atoms with Crippen molar-refractivity contribution < 1.29 is 4.79 Å². The monoisotopic (exact) mass is 266 g/mol. The molecule has 0 heterocycles. The minimum absolute atomic E-state index is 0.0603. The van der Waals surface area contributed by atoms with Crippen LogP contribution in [0, 0.1) is 5.92 Å². The molecule has 0 aromatic carbocycles. The molecule has 0 aromatic rings. The first-order chi connectivity index (χ1) is 9.20. The van der Waals surface area contributed by atoms with E-state index < -0.39 is 0 Å². The molecular weight excluding hydrogens is 236 g/mol. The Bertz CT molecular complexity index is 282. The van der Waals surface area contributed by atoms with Gasteiger partial charge in [0.25, 0.3) is 0 Å². The molecule has 19 heavy (non-hydrogen) atoms. The molecule has 1 unspecified atom stereocenters. The van der Waals surface area contributed by atoms with Gasteiger partial charge in [0, 0.05) is 25.0 Å². The molecule has 0 saturated heterocycles. The number of rotatable bonds is 7. The van der Waals surface area contributed by atoms with Crippen LogP contribution >= 0.6 is 0 Å². The molecule has 2 rings (SSSR count). The zero-order valence-corrected chi connectivity index (χ0v) is 12.4. The van der Waals surface area contributed by atoms with Crippen LogP contribution in [0.5, 0.6) is 0 Å². The van der Waals surface area contributed by atoms with Gasteiger partial charge in [-0.05, 0) is 38.0 Å². The smallest absolute Gasteiger partial charge is 0.224 e. The molecule has 2 N–H and O–H groups in total. The second kappa shape index (κ2) is 7.28. The Labute approximate surface area is 117 Å². The van der Waals surface area contributed by atoms with Crippen molar-refractivity contribution in [3.63, 3.8) is 0 Å². The second-order valence-electron chi connectivity index (χ2n) is 6.53. The summed E-state index contributed by atoms with van der Waals surface area (Å²) in [6, 6.07) is 0.605. The fourth-order valence-electron chi connectivity index (χ4n) is 3.30. The average Bonchev–Trinajstić information content (AvgIpc) is 3.21. The second-order valence-corrected chi connectivity index (χ2v) is 6.53. The number of carbonyl (C=O) groups is 1. The van der Waals surface area contributed by atoms with E-state index in [9.17, 15) is 4.79 Å². The predicted molar refractivity (Wildman–Crippen MR) is 78.8 cm³/mol. The van der Waals surface area contributed by atoms with E-state index in [1.54, 1.807) is 0 Å². The molecule has 110 valence electrons. The van der Waals surface area contributed by atoms with Crippen LogP contribution in [0.25, 0.3) is 0 Å². The predicted octanol–water partition coefficient (Wildman–Crippen LogP) is 3.08. The van der Waals surface area contributed by atoms with E-state index in [2.05, 4.69) is 11.8 Å². The van der Waals surface area contributed by atoms with Crippen LogP contribution in [0.1, 0.15) is 71.1 Å². The van der Waals surface area contributed by atoms with Gasteiger partial charge in [0.05, 0.1) is 0 Å². The Balaban J connectivity index is 1.82. The van der Waals surface area contributed by atoms with Crippen LogP contribution in [0.3, 0.4) is 0 Å². The summed E-state index contributed by atoms with van der Waals surface area (Å²) in [5, 5.41) is 0. The van der Waals surface area contributed by atoms with Gasteiger partial charge < -0.3 is 10.6 Å². The summed E-state index contributed by atoms with van der Waals surface area (Å²) in [5.74, 6) is 1.06. The molecule has 0 aliphatic heterocycles. The highest BCUT2D eigenvalue weighted by atomic mass is 16.2. The highest BCUT2D eigenvalue weighted by molar-refractivity contribution is 5.77. The number of hydrogen-bond acceptors (Lipinski definition) is 2. The highest BCUT2D eigenvalue weighted by Crippen LogP contribution is 2.31. The van der Waals surface area contributed by atoms with Crippen LogP contribution < -0.4 is 5.73 Å². The van der Waals surface area contributed by atoms with E-state index >= 15 is 0 Å². The summed E-state index contributed by atoms with van der Waals surface area (Å²) in [7, 11) is 0. The fraction of sp³-hybridized carbons (Fsp3) is 0.938. The summed E-state index contributed by atoms with van der Waals surface area (Å²) >= 11 is 0. The first kappa shape index (κ1) is 14.8. The number of nitrogens with zero attached hydrogens (tertiary/aromatic N) is 1. The Kier molecular flexibility index (Phi) is 5.68. The molecule has 2 saturated carbocycles. The Morgan fingerprint density at radius 2 is 1.89 bits per heavy atom. The lowest BCUT2D eigenvalue weighted by molar-refractivity contribution is -0.133. The SMILES string of the molecule is CCCC(N)CC(=O)N(CC1CCCCC1)C1CC1. The lowest BCUT2D eigenvalue weighted by atomic mass is 9.88. The van der Waals surface area contributed by atoms with Gasteiger partial charge >= 0.3 is 0 Å². The Morgan fingerprint density at radius 3 is 2.47 bits per heavy atom. The van der Waals surface area contributed by atoms with Crippen LogP contribution in [-0.4, -0.2) is 29.4 Å². The van der Waals surface area contributed by atoms with Crippen molar-refractivity contribution in [1.29, 1.82) is 0 Å². The highest BCUT2D eigenvalue weighted by Gasteiger charge is 2.34. The maximum atomic E-state index is 12.4. The molecule has 3 nitrogen and oxygen atoms in total. The van der Waals surface area contributed by atoms with Gasteiger partial charge in [0.1, 0.15) is 0 Å². The molecule has 0 aromatic heterocycles. The van der Waals surface area contributed by atoms with E-state index in [1.807, 2.05) is 0 Å². The number of carbonyl (C=O) groups excluding carboxylic acids is 1. The molecular formula is C16H30N2O. The van der Waals surface area contributed by atoms with Crippen molar-refractivity contribution in [1.82, 2.24) is 4.90 Å². The lowest BCUT2D eigenvalue weighted by Gasteiger charge is -2.30.